The molecule has 1 amide bonds. The molecule has 1 N–H and O–H groups in total. The SMILES string of the molecule is Cc1nc(-c2ccc(CCNC(=O)c3cc4ccccc4oc3=O)s2)cs1. The third kappa shape index (κ3) is 3.84. The fourth-order valence-electron chi connectivity index (χ4n) is 2.74. The fourth-order valence-corrected chi connectivity index (χ4v) is 4.40. The zero-order chi connectivity index (χ0) is 18.8. The van der Waals surface area contributed by atoms with Crippen LogP contribution in [0.5, 0.6) is 0 Å². The number of aryl methyl sites for hydroxylation is 1. The van der Waals surface area contributed by atoms with E-state index in [1.807, 2.05) is 36.6 Å². The number of hydrogen-bond donors (Lipinski definition) is 1. The Morgan fingerprint density at radius 2 is 2.07 bits per heavy atom. The third-order valence-corrected chi connectivity index (χ3v) is 6.02. The molecule has 5 nitrogen and oxygen atoms in total. The van der Waals surface area contributed by atoms with Gasteiger partial charge in [0.1, 0.15) is 11.1 Å². The first-order valence-electron chi connectivity index (χ1n) is 8.42. The lowest BCUT2D eigenvalue weighted by atomic mass is 10.2. The van der Waals surface area contributed by atoms with E-state index in [9.17, 15) is 9.59 Å². The second kappa shape index (κ2) is 7.46. The van der Waals surface area contributed by atoms with Gasteiger partial charge in [0.2, 0.25) is 0 Å². The molecular weight excluding hydrogens is 380 g/mol. The average molecular weight is 396 g/mol. The summed E-state index contributed by atoms with van der Waals surface area (Å²) in [5, 5.41) is 6.62. The molecule has 4 rings (SSSR count). The Bertz CT molecular complexity index is 1170. The standard InChI is InChI=1S/C20H16N2O3S2/c1-12-22-16(11-26-12)18-7-6-14(27-18)8-9-21-19(23)15-10-13-4-2-3-5-17(13)25-20(15)24/h2-7,10-11H,8-9H2,1H3,(H,21,23). The summed E-state index contributed by atoms with van der Waals surface area (Å²) < 4.78 is 5.21. The number of thiazole rings is 1. The molecule has 27 heavy (non-hydrogen) atoms. The number of amides is 1. The number of nitrogens with zero attached hydrogens (tertiary/aromatic N) is 1. The molecule has 4 aromatic rings. The van der Waals surface area contributed by atoms with E-state index >= 15 is 0 Å². The predicted molar refractivity (Wildman–Crippen MR) is 109 cm³/mol. The molecule has 0 aliphatic rings. The van der Waals surface area contributed by atoms with Gasteiger partial charge in [-0.1, -0.05) is 18.2 Å². The van der Waals surface area contributed by atoms with Gasteiger partial charge in [-0.25, -0.2) is 9.78 Å². The summed E-state index contributed by atoms with van der Waals surface area (Å²) in [5.74, 6) is -0.415. The minimum atomic E-state index is -0.622. The van der Waals surface area contributed by atoms with Crippen LogP contribution < -0.4 is 10.9 Å². The van der Waals surface area contributed by atoms with Crippen molar-refractivity contribution in [1.82, 2.24) is 10.3 Å². The molecule has 0 atom stereocenters. The first-order valence-corrected chi connectivity index (χ1v) is 10.1. The molecule has 0 saturated heterocycles. The highest BCUT2D eigenvalue weighted by atomic mass is 32.1. The first-order chi connectivity index (χ1) is 13.1. The zero-order valence-corrected chi connectivity index (χ0v) is 16.2. The Hall–Kier alpha value is -2.77. The molecule has 0 saturated carbocycles. The number of carbonyl (C=O) groups is 1. The first kappa shape index (κ1) is 17.6. The van der Waals surface area contributed by atoms with Gasteiger partial charge in [0.15, 0.2) is 0 Å². The molecule has 136 valence electrons. The maximum absolute atomic E-state index is 12.4. The Labute approximate surface area is 163 Å². The second-order valence-corrected chi connectivity index (χ2v) is 8.24. The average Bonchev–Trinajstić information content (AvgIpc) is 3.30. The lowest BCUT2D eigenvalue weighted by Gasteiger charge is -2.04. The molecule has 7 heteroatoms. The summed E-state index contributed by atoms with van der Waals surface area (Å²) in [6.45, 7) is 2.43. The van der Waals surface area contributed by atoms with Crippen molar-refractivity contribution in [2.75, 3.05) is 6.54 Å². The number of benzene rings is 1. The fraction of sp³-hybridized carbons (Fsp3) is 0.150. The van der Waals surface area contributed by atoms with Crippen molar-refractivity contribution in [2.24, 2.45) is 0 Å². The maximum atomic E-state index is 12.4. The minimum Gasteiger partial charge on any atom is -0.422 e. The normalized spacial score (nSPS) is 11.0. The van der Waals surface area contributed by atoms with Crippen LogP contribution in [0.4, 0.5) is 0 Å². The Morgan fingerprint density at radius 1 is 1.22 bits per heavy atom. The lowest BCUT2D eigenvalue weighted by Crippen LogP contribution is -2.29. The van der Waals surface area contributed by atoms with Crippen LogP contribution in [-0.2, 0) is 6.42 Å². The summed E-state index contributed by atoms with van der Waals surface area (Å²) in [5.41, 5.74) is 0.871. The van der Waals surface area contributed by atoms with Crippen LogP contribution in [0, 0.1) is 6.92 Å². The summed E-state index contributed by atoms with van der Waals surface area (Å²) in [6, 6.07) is 12.8. The number of thiophene rings is 1. The van der Waals surface area contributed by atoms with Crippen molar-refractivity contribution < 1.29 is 9.21 Å². The van der Waals surface area contributed by atoms with Gasteiger partial charge in [-0.2, -0.15) is 0 Å². The van der Waals surface area contributed by atoms with Gasteiger partial charge in [-0.15, -0.1) is 22.7 Å². The highest BCUT2D eigenvalue weighted by Crippen LogP contribution is 2.29. The molecule has 0 radical (unpaired) electrons. The Kier molecular flexibility index (Phi) is 4.87. The third-order valence-electron chi connectivity index (χ3n) is 4.08. The molecule has 0 aliphatic carbocycles. The van der Waals surface area contributed by atoms with Crippen molar-refractivity contribution in [1.29, 1.82) is 0 Å². The van der Waals surface area contributed by atoms with Gasteiger partial charge in [-0.05, 0) is 37.6 Å². The van der Waals surface area contributed by atoms with Crippen LogP contribution in [0.15, 0.2) is 57.1 Å². The van der Waals surface area contributed by atoms with E-state index in [-0.39, 0.29) is 5.56 Å². The predicted octanol–water partition coefficient (Wildman–Crippen LogP) is 4.26. The van der Waals surface area contributed by atoms with Gasteiger partial charge in [0, 0.05) is 22.2 Å². The number of hydrogen-bond acceptors (Lipinski definition) is 6. The monoisotopic (exact) mass is 396 g/mol. The minimum absolute atomic E-state index is 0.0264. The molecule has 0 spiro atoms. The number of carbonyl (C=O) groups excluding carboxylic acids is 1. The quantitative estimate of drug-likeness (QED) is 0.512. The summed E-state index contributed by atoms with van der Waals surface area (Å²) >= 11 is 3.29. The highest BCUT2D eigenvalue weighted by molar-refractivity contribution is 7.16. The van der Waals surface area contributed by atoms with Crippen LogP contribution in [0.1, 0.15) is 20.2 Å². The van der Waals surface area contributed by atoms with E-state index in [0.29, 0.717) is 18.5 Å². The number of para-hydroxylation sites is 1. The molecule has 3 aromatic heterocycles. The van der Waals surface area contributed by atoms with Crippen molar-refractivity contribution in [3.63, 3.8) is 0 Å². The molecule has 0 unspecified atom stereocenters. The van der Waals surface area contributed by atoms with Crippen molar-refractivity contribution in [3.8, 4) is 10.6 Å². The van der Waals surface area contributed by atoms with Gasteiger partial charge in [-0.3, -0.25) is 4.79 Å². The zero-order valence-electron chi connectivity index (χ0n) is 14.5. The Balaban J connectivity index is 1.41. The van der Waals surface area contributed by atoms with Crippen molar-refractivity contribution in [2.45, 2.75) is 13.3 Å². The Morgan fingerprint density at radius 3 is 2.89 bits per heavy atom. The van der Waals surface area contributed by atoms with E-state index in [4.69, 9.17) is 4.42 Å². The molecular formula is C20H16N2O3S2. The molecule has 3 heterocycles. The lowest BCUT2D eigenvalue weighted by molar-refractivity contribution is 0.0950. The number of aromatic nitrogens is 1. The van der Waals surface area contributed by atoms with Crippen LogP contribution in [0.3, 0.4) is 0 Å². The van der Waals surface area contributed by atoms with Crippen LogP contribution in [0.25, 0.3) is 21.5 Å². The van der Waals surface area contributed by atoms with Gasteiger partial charge in [0.25, 0.3) is 5.91 Å². The van der Waals surface area contributed by atoms with Crippen LogP contribution in [0.2, 0.25) is 0 Å². The summed E-state index contributed by atoms with van der Waals surface area (Å²) in [4.78, 5) is 31.2. The van der Waals surface area contributed by atoms with Crippen LogP contribution >= 0.6 is 22.7 Å². The van der Waals surface area contributed by atoms with Gasteiger partial charge >= 0.3 is 5.63 Å². The van der Waals surface area contributed by atoms with E-state index in [2.05, 4.69) is 10.3 Å². The number of nitrogens with one attached hydrogen (secondary N) is 1. The second-order valence-electron chi connectivity index (χ2n) is 6.01. The van der Waals surface area contributed by atoms with Crippen molar-refractivity contribution >= 4 is 39.5 Å². The highest BCUT2D eigenvalue weighted by Gasteiger charge is 2.13. The van der Waals surface area contributed by atoms with E-state index in [1.54, 1.807) is 40.9 Å². The smallest absolute Gasteiger partial charge is 0.349 e. The topological polar surface area (TPSA) is 72.2 Å². The summed E-state index contributed by atoms with van der Waals surface area (Å²) in [6.07, 6.45) is 0.693. The van der Waals surface area contributed by atoms with Gasteiger partial charge in [0.05, 0.1) is 15.6 Å². The van der Waals surface area contributed by atoms with E-state index in [0.717, 1.165) is 25.8 Å². The van der Waals surface area contributed by atoms with Gasteiger partial charge < -0.3 is 9.73 Å². The molecule has 0 fully saturated rings. The maximum Gasteiger partial charge on any atom is 0.349 e. The molecule has 0 bridgehead atoms. The number of fused-ring (bicyclic) bond motifs is 1. The molecule has 1 aromatic carbocycles. The largest absolute Gasteiger partial charge is 0.422 e. The van der Waals surface area contributed by atoms with Crippen molar-refractivity contribution in [3.05, 3.63) is 73.7 Å². The van der Waals surface area contributed by atoms with E-state index < -0.39 is 11.5 Å². The number of rotatable bonds is 5. The molecule has 0 aliphatic heterocycles. The summed E-state index contributed by atoms with van der Waals surface area (Å²) in [7, 11) is 0. The van der Waals surface area contributed by atoms with Crippen LogP contribution in [-0.4, -0.2) is 17.4 Å². The van der Waals surface area contributed by atoms with E-state index in [1.165, 1.54) is 0 Å².